The van der Waals surface area contributed by atoms with Crippen LogP contribution in [0.15, 0.2) is 78.9 Å². The van der Waals surface area contributed by atoms with Gasteiger partial charge in [0.2, 0.25) is 11.8 Å². The monoisotopic (exact) mass is 779 g/mol. The van der Waals surface area contributed by atoms with Crippen LogP contribution in [0.1, 0.15) is 72.1 Å². The number of rotatable bonds is 15. The smallest absolute Gasteiger partial charge is 0.328 e. The van der Waals surface area contributed by atoms with Crippen molar-refractivity contribution in [2.24, 2.45) is 28.6 Å². The molecule has 0 unspecified atom stereocenters. The number of allylic oxidation sites excluding steroid dienone is 1. The average Bonchev–Trinajstić information content (AvgIpc) is 3.77. The van der Waals surface area contributed by atoms with Gasteiger partial charge in [0.25, 0.3) is 0 Å². The lowest BCUT2D eigenvalue weighted by atomic mass is 9.82. The van der Waals surface area contributed by atoms with Crippen molar-refractivity contribution < 1.29 is 43.3 Å². The summed E-state index contributed by atoms with van der Waals surface area (Å²) in [7, 11) is 2.86. The van der Waals surface area contributed by atoms with Gasteiger partial charge in [0.15, 0.2) is 0 Å². The lowest BCUT2D eigenvalue weighted by Gasteiger charge is -2.34. The first kappa shape index (κ1) is 41.1. The maximum Gasteiger partial charge on any atom is 0.328 e. The summed E-state index contributed by atoms with van der Waals surface area (Å²) < 4.78 is 17.2. The Morgan fingerprint density at radius 1 is 1.00 bits per heavy atom. The number of carbonyl (C=O) groups excluding carboxylic acids is 4. The minimum Gasteiger partial charge on any atom is -0.497 e. The number of Topliss-reactive ketones (excluding diaryl/α,β-unsaturated/α-hetero) is 1. The van der Waals surface area contributed by atoms with Crippen molar-refractivity contribution in [2.75, 3.05) is 14.2 Å². The number of amides is 2. The number of carbonyl (C=O) groups is 5. The van der Waals surface area contributed by atoms with Crippen LogP contribution in [0.25, 0.3) is 22.2 Å². The fourth-order valence-corrected chi connectivity index (χ4v) is 8.38. The van der Waals surface area contributed by atoms with E-state index in [0.29, 0.717) is 28.1 Å². The van der Waals surface area contributed by atoms with Crippen molar-refractivity contribution >= 4 is 40.4 Å². The van der Waals surface area contributed by atoms with Crippen LogP contribution < -0.4 is 20.1 Å². The van der Waals surface area contributed by atoms with Crippen LogP contribution in [0.2, 0.25) is 0 Å². The molecule has 0 aliphatic heterocycles. The summed E-state index contributed by atoms with van der Waals surface area (Å²) in [6, 6.07) is 14.9. The van der Waals surface area contributed by atoms with Gasteiger partial charge >= 0.3 is 11.9 Å². The van der Waals surface area contributed by atoms with E-state index in [0.717, 1.165) is 37.7 Å². The number of nitrogens with zero attached hydrogens (tertiary/aromatic N) is 1. The van der Waals surface area contributed by atoms with Gasteiger partial charge in [-0.2, -0.15) is 0 Å². The van der Waals surface area contributed by atoms with E-state index >= 15 is 0 Å². The van der Waals surface area contributed by atoms with Gasteiger partial charge in [0.1, 0.15) is 35.5 Å². The molecule has 2 amide bonds. The van der Waals surface area contributed by atoms with Crippen molar-refractivity contribution in [3.8, 4) is 22.8 Å². The zero-order valence-electron chi connectivity index (χ0n) is 33.3. The number of ketones is 1. The number of hydrogen-bond acceptors (Lipinski definition) is 9. The Hall–Kier alpha value is -5.52. The number of ether oxygens (including phenoxy) is 3. The van der Waals surface area contributed by atoms with E-state index in [2.05, 4.69) is 17.2 Å². The molecular formula is C45H53N3O9. The number of aliphatic carboxylic acids is 1. The Labute approximate surface area is 333 Å². The van der Waals surface area contributed by atoms with Crippen molar-refractivity contribution in [1.82, 2.24) is 15.6 Å². The molecule has 6 rings (SSSR count). The molecule has 0 radical (unpaired) electrons. The first-order valence-corrected chi connectivity index (χ1v) is 19.7. The number of hydrogen-bond donors (Lipinski definition) is 3. The average molecular weight is 780 g/mol. The molecule has 0 spiro atoms. The third kappa shape index (κ3) is 8.90. The molecule has 2 aromatic carbocycles. The second-order valence-corrected chi connectivity index (χ2v) is 16.7. The summed E-state index contributed by atoms with van der Waals surface area (Å²) in [6.45, 7) is 9.16. The van der Waals surface area contributed by atoms with Gasteiger partial charge in [0.05, 0.1) is 36.8 Å². The van der Waals surface area contributed by atoms with Crippen LogP contribution in [-0.4, -0.2) is 72.0 Å². The van der Waals surface area contributed by atoms with Gasteiger partial charge in [0, 0.05) is 41.5 Å². The lowest BCUT2D eigenvalue weighted by molar-refractivity contribution is -0.148. The Kier molecular flexibility index (Phi) is 12.2. The molecule has 6 atom stereocenters. The molecule has 3 aliphatic carbocycles. The summed E-state index contributed by atoms with van der Waals surface area (Å²) in [5.74, 6) is -3.66. The zero-order chi connectivity index (χ0) is 41.1. The molecule has 1 aromatic heterocycles. The highest BCUT2D eigenvalue weighted by Gasteiger charge is 2.60. The molecule has 1 heterocycles. The molecule has 0 bridgehead atoms. The highest BCUT2D eigenvalue weighted by Crippen LogP contribution is 2.57. The Bertz CT molecular complexity index is 2070. The highest BCUT2D eigenvalue weighted by atomic mass is 16.5. The quantitative estimate of drug-likeness (QED) is 0.113. The second-order valence-electron chi connectivity index (χ2n) is 16.7. The molecule has 2 fully saturated rings. The van der Waals surface area contributed by atoms with E-state index in [1.165, 1.54) is 7.11 Å². The van der Waals surface area contributed by atoms with E-state index in [1.807, 2.05) is 42.5 Å². The van der Waals surface area contributed by atoms with Crippen LogP contribution in [0, 0.1) is 28.6 Å². The number of pyridine rings is 1. The second kappa shape index (κ2) is 16.9. The van der Waals surface area contributed by atoms with Gasteiger partial charge in [-0.25, -0.2) is 9.78 Å². The maximum absolute atomic E-state index is 14.4. The third-order valence-corrected chi connectivity index (χ3v) is 11.8. The highest BCUT2D eigenvalue weighted by molar-refractivity contribution is 6.04. The van der Waals surface area contributed by atoms with Crippen molar-refractivity contribution in [1.29, 1.82) is 0 Å². The molecule has 12 heteroatoms. The lowest BCUT2D eigenvalue weighted by Crippen LogP contribution is -2.58. The topological polar surface area (TPSA) is 170 Å². The standard InChI is InChI=1S/C45H53N3O9/c1-7-28-24-45(28,43(53)54)25-36(49)32-20-30(57-37-23-34(26-14-10-8-11-15-26)46-35-22-29(55-5)18-19-31(35)37)21-33(32)40(50)48-39(44(2,3)4)41(51)47-38(42(52)56-6)27-16-12-9-13-17-27/h7-8,10-11,14-15,18-19,21-23,27-28,30,32,38-39H,1,9,12-13,16-17,20,24-25H2,2-6H3,(H,47,51)(H,48,50)(H,53,54)/t28-,30+,32+,38+,39-,45-/m1/s1. The Balaban J connectivity index is 1.33. The molecule has 0 saturated heterocycles. The maximum atomic E-state index is 14.4. The fraction of sp³-hybridized carbons (Fsp3) is 0.467. The number of aromatic nitrogens is 1. The van der Waals surface area contributed by atoms with Gasteiger partial charge in [-0.3, -0.25) is 19.2 Å². The van der Waals surface area contributed by atoms with Gasteiger partial charge < -0.3 is 30.0 Å². The molecule has 2 saturated carbocycles. The minimum absolute atomic E-state index is 0.0646. The number of nitrogens with one attached hydrogen (secondary N) is 2. The van der Waals surface area contributed by atoms with Gasteiger partial charge in [-0.15, -0.1) is 6.58 Å². The predicted octanol–water partition coefficient (Wildman–Crippen LogP) is 6.61. The van der Waals surface area contributed by atoms with Crippen LogP contribution in [-0.2, 0) is 28.7 Å². The molecule has 57 heavy (non-hydrogen) atoms. The van der Waals surface area contributed by atoms with Gasteiger partial charge in [-0.1, -0.05) is 76.4 Å². The molecule has 302 valence electrons. The summed E-state index contributed by atoms with van der Waals surface area (Å²) in [5, 5.41) is 16.6. The number of fused-ring (bicyclic) bond motifs is 1. The number of carboxylic acids is 1. The van der Waals surface area contributed by atoms with Gasteiger partial charge in [-0.05, 0) is 54.7 Å². The first-order chi connectivity index (χ1) is 27.2. The van der Waals surface area contributed by atoms with E-state index in [9.17, 15) is 29.1 Å². The zero-order valence-corrected chi connectivity index (χ0v) is 33.3. The fourth-order valence-electron chi connectivity index (χ4n) is 8.38. The first-order valence-electron chi connectivity index (χ1n) is 19.7. The minimum atomic E-state index is -1.29. The van der Waals surface area contributed by atoms with Crippen LogP contribution in [0.5, 0.6) is 11.5 Å². The molecule has 3 aromatic rings. The summed E-state index contributed by atoms with van der Waals surface area (Å²) in [4.78, 5) is 73.0. The summed E-state index contributed by atoms with van der Waals surface area (Å²) in [6.07, 6.45) is 6.89. The van der Waals surface area contributed by atoms with E-state index in [1.54, 1.807) is 52.2 Å². The van der Waals surface area contributed by atoms with E-state index < -0.39 is 64.5 Å². The normalized spacial score (nSPS) is 23.0. The van der Waals surface area contributed by atoms with E-state index in [4.69, 9.17) is 19.2 Å². The number of methoxy groups -OCH3 is 2. The number of benzene rings is 2. The molecule has 12 nitrogen and oxygen atoms in total. The largest absolute Gasteiger partial charge is 0.497 e. The number of esters is 1. The summed E-state index contributed by atoms with van der Waals surface area (Å²) >= 11 is 0. The Morgan fingerprint density at radius 3 is 2.33 bits per heavy atom. The molecular weight excluding hydrogens is 727 g/mol. The van der Waals surface area contributed by atoms with E-state index in [-0.39, 0.29) is 36.7 Å². The van der Waals surface area contributed by atoms with Crippen molar-refractivity contribution in [3.63, 3.8) is 0 Å². The third-order valence-electron chi connectivity index (χ3n) is 11.8. The predicted molar refractivity (Wildman–Crippen MR) is 214 cm³/mol. The van der Waals surface area contributed by atoms with Crippen LogP contribution in [0.3, 0.4) is 0 Å². The Morgan fingerprint density at radius 2 is 1.72 bits per heavy atom. The van der Waals surface area contributed by atoms with Crippen molar-refractivity contribution in [3.05, 3.63) is 78.9 Å². The van der Waals surface area contributed by atoms with Crippen LogP contribution in [0.4, 0.5) is 0 Å². The summed E-state index contributed by atoms with van der Waals surface area (Å²) in [5.41, 5.74) is 0.0909. The SMILES string of the molecule is C=C[C@@H]1C[C@]1(CC(=O)[C@H]1C[C@H](Oc2cc(-c3ccccc3)nc3cc(OC)ccc23)C=C1C(=O)N[C@H](C(=O)N[C@H](C(=O)OC)C1CCCCC1)C(C)(C)C)C(=O)O. The molecule has 3 N–H and O–H groups in total. The number of carboxylic acid groups (broad SMARTS) is 1. The van der Waals surface area contributed by atoms with Crippen LogP contribution >= 0.6 is 0 Å². The van der Waals surface area contributed by atoms with Crippen molar-refractivity contribution in [2.45, 2.75) is 90.3 Å². The molecule has 3 aliphatic rings.